The summed E-state index contributed by atoms with van der Waals surface area (Å²) in [4.78, 5) is 20.3. The van der Waals surface area contributed by atoms with Crippen molar-refractivity contribution in [2.45, 2.75) is 0 Å². The average Bonchev–Trinajstić information content (AvgIpc) is 3.33. The highest BCUT2D eigenvalue weighted by Crippen LogP contribution is 2.36. The van der Waals surface area contributed by atoms with E-state index in [2.05, 4.69) is 30.5 Å². The Morgan fingerprint density at radius 1 is 1.08 bits per heavy atom. The Bertz CT molecular complexity index is 1660. The number of aromatic nitrogens is 4. The van der Waals surface area contributed by atoms with Crippen LogP contribution in [0.25, 0.3) is 39.0 Å². The molecule has 5 aromatic rings. The fraction of sp³-hybridized carbons (Fsp3) is 0.148. The molecule has 0 radical (unpaired) electrons. The summed E-state index contributed by atoms with van der Waals surface area (Å²) in [5.41, 5.74) is 11.9. The average molecular weight is 511 g/mol. The van der Waals surface area contributed by atoms with Crippen LogP contribution in [0, 0.1) is 5.41 Å². The van der Waals surface area contributed by atoms with Gasteiger partial charge in [-0.3, -0.25) is 19.9 Å². The van der Waals surface area contributed by atoms with Gasteiger partial charge in [0, 0.05) is 53.9 Å². The molecular weight excluding hydrogens is 488 g/mol. The van der Waals surface area contributed by atoms with Gasteiger partial charge in [0.15, 0.2) is 0 Å². The van der Waals surface area contributed by atoms with Crippen molar-refractivity contribution in [1.82, 2.24) is 19.5 Å². The van der Waals surface area contributed by atoms with E-state index in [0.717, 1.165) is 47.3 Å². The molecule has 10 heteroatoms. The molecule has 0 bridgehead atoms. The number of benzene rings is 2. The molecule has 0 aliphatic carbocycles. The standard InChI is InChI=1S/C27H23ClN8O/c28-21-5-1-4-19-22(6-8-32-24(19)21)36-23-14-18(35-9-11-37-12-10-35)13-20(26(30)33-16-29)25(23)34-27(36)17-3-2-7-31-15-17/h1-8,13-16H,9-12H2,(H3,29,30,33). The first-order valence-electron chi connectivity index (χ1n) is 11.8. The van der Waals surface area contributed by atoms with Crippen LogP contribution in [-0.2, 0) is 4.74 Å². The first-order valence-corrected chi connectivity index (χ1v) is 12.2. The van der Waals surface area contributed by atoms with E-state index in [0.29, 0.717) is 40.7 Å². The minimum absolute atomic E-state index is 0.222. The monoisotopic (exact) mass is 510 g/mol. The first kappa shape index (κ1) is 23.1. The van der Waals surface area contributed by atoms with Gasteiger partial charge >= 0.3 is 0 Å². The number of hydrogen-bond donors (Lipinski definition) is 2. The Morgan fingerprint density at radius 2 is 1.95 bits per heavy atom. The van der Waals surface area contributed by atoms with Crippen LogP contribution in [0.2, 0.25) is 5.02 Å². The molecule has 0 unspecified atom stereocenters. The van der Waals surface area contributed by atoms with Gasteiger partial charge in [-0.05, 0) is 36.4 Å². The lowest BCUT2D eigenvalue weighted by Gasteiger charge is -2.29. The summed E-state index contributed by atoms with van der Waals surface area (Å²) in [5, 5.41) is 8.95. The normalized spacial score (nSPS) is 14.4. The molecule has 4 heterocycles. The summed E-state index contributed by atoms with van der Waals surface area (Å²) in [7, 11) is 0. The van der Waals surface area contributed by atoms with Crippen molar-refractivity contribution in [2.24, 2.45) is 10.7 Å². The predicted molar refractivity (Wildman–Crippen MR) is 147 cm³/mol. The second-order valence-corrected chi connectivity index (χ2v) is 8.99. The molecule has 1 saturated heterocycles. The van der Waals surface area contributed by atoms with Gasteiger partial charge in [0.25, 0.3) is 0 Å². The Balaban J connectivity index is 1.74. The van der Waals surface area contributed by atoms with E-state index in [1.807, 2.05) is 42.5 Å². The highest BCUT2D eigenvalue weighted by Gasteiger charge is 2.23. The molecule has 6 rings (SSSR count). The molecule has 0 saturated carbocycles. The summed E-state index contributed by atoms with van der Waals surface area (Å²) in [6.45, 7) is 2.80. The maximum Gasteiger partial charge on any atom is 0.147 e. The number of morpholine rings is 1. The molecule has 1 aliphatic rings. The van der Waals surface area contributed by atoms with Crippen LogP contribution in [0.3, 0.4) is 0 Å². The fourth-order valence-electron chi connectivity index (χ4n) is 4.75. The summed E-state index contributed by atoms with van der Waals surface area (Å²) in [5.74, 6) is 0.915. The minimum atomic E-state index is 0.222. The summed E-state index contributed by atoms with van der Waals surface area (Å²) < 4.78 is 7.67. The highest BCUT2D eigenvalue weighted by molar-refractivity contribution is 6.35. The highest BCUT2D eigenvalue weighted by atomic mass is 35.5. The van der Waals surface area contributed by atoms with E-state index in [-0.39, 0.29) is 5.84 Å². The molecule has 1 fully saturated rings. The van der Waals surface area contributed by atoms with Gasteiger partial charge in [-0.2, -0.15) is 0 Å². The first-order chi connectivity index (χ1) is 18.2. The number of nitrogens with one attached hydrogen (secondary N) is 1. The molecule has 1 aliphatic heterocycles. The van der Waals surface area contributed by atoms with Gasteiger partial charge < -0.3 is 15.4 Å². The largest absolute Gasteiger partial charge is 0.383 e. The lowest BCUT2D eigenvalue weighted by molar-refractivity contribution is 0.122. The number of fused-ring (bicyclic) bond motifs is 2. The molecule has 37 heavy (non-hydrogen) atoms. The zero-order valence-electron chi connectivity index (χ0n) is 19.8. The molecule has 184 valence electrons. The molecule has 2 aromatic carbocycles. The van der Waals surface area contributed by atoms with Gasteiger partial charge in [0.1, 0.15) is 23.5 Å². The van der Waals surface area contributed by atoms with E-state index in [1.165, 1.54) is 0 Å². The lowest BCUT2D eigenvalue weighted by Crippen LogP contribution is -2.36. The molecule has 0 spiro atoms. The molecule has 0 amide bonds. The van der Waals surface area contributed by atoms with Crippen molar-refractivity contribution in [1.29, 1.82) is 5.41 Å². The number of rotatable bonds is 5. The number of pyridine rings is 2. The summed E-state index contributed by atoms with van der Waals surface area (Å²) in [6, 6.07) is 15.7. The number of halogens is 1. The van der Waals surface area contributed by atoms with Crippen LogP contribution in [0.15, 0.2) is 72.1 Å². The second kappa shape index (κ2) is 9.61. The summed E-state index contributed by atoms with van der Waals surface area (Å²) >= 11 is 6.52. The number of amidine groups is 1. The van der Waals surface area contributed by atoms with Gasteiger partial charge in [-0.25, -0.2) is 9.98 Å². The number of hydrogen-bond acceptors (Lipinski definition) is 6. The number of imidazole rings is 1. The zero-order chi connectivity index (χ0) is 25.4. The van der Waals surface area contributed by atoms with E-state index in [1.54, 1.807) is 18.6 Å². The second-order valence-electron chi connectivity index (χ2n) is 8.58. The van der Waals surface area contributed by atoms with Crippen LogP contribution >= 0.6 is 11.6 Å². The maximum absolute atomic E-state index is 7.49. The fourth-order valence-corrected chi connectivity index (χ4v) is 4.98. The molecular formula is C27H23ClN8O. The van der Waals surface area contributed by atoms with Gasteiger partial charge in [-0.1, -0.05) is 23.7 Å². The Hall–Kier alpha value is -4.34. The third-order valence-corrected chi connectivity index (χ3v) is 6.77. The van der Waals surface area contributed by atoms with Crippen molar-refractivity contribution in [3.63, 3.8) is 0 Å². The third-order valence-electron chi connectivity index (χ3n) is 6.46. The van der Waals surface area contributed by atoms with Crippen LogP contribution < -0.4 is 10.6 Å². The zero-order valence-corrected chi connectivity index (χ0v) is 20.6. The number of para-hydroxylation sites is 1. The smallest absolute Gasteiger partial charge is 0.147 e. The molecule has 9 nitrogen and oxygen atoms in total. The number of aliphatic imine (C=N–C) groups is 1. The molecule has 3 aromatic heterocycles. The van der Waals surface area contributed by atoms with Crippen LogP contribution in [0.1, 0.15) is 5.56 Å². The van der Waals surface area contributed by atoms with Gasteiger partial charge in [-0.15, -0.1) is 0 Å². The Morgan fingerprint density at radius 3 is 2.73 bits per heavy atom. The van der Waals surface area contributed by atoms with Crippen LogP contribution in [-0.4, -0.2) is 58.0 Å². The van der Waals surface area contributed by atoms with Crippen molar-refractivity contribution in [2.75, 3.05) is 31.2 Å². The van der Waals surface area contributed by atoms with E-state index >= 15 is 0 Å². The van der Waals surface area contributed by atoms with Crippen molar-refractivity contribution < 1.29 is 4.74 Å². The summed E-state index contributed by atoms with van der Waals surface area (Å²) in [6.07, 6.45) is 6.21. The quantitative estimate of drug-likeness (QED) is 0.266. The lowest BCUT2D eigenvalue weighted by atomic mass is 10.1. The minimum Gasteiger partial charge on any atom is -0.383 e. The predicted octanol–water partition coefficient (Wildman–Crippen LogP) is 4.44. The van der Waals surface area contributed by atoms with E-state index < -0.39 is 0 Å². The Labute approximate surface area is 217 Å². The van der Waals surface area contributed by atoms with Crippen molar-refractivity contribution in [3.8, 4) is 17.1 Å². The SMILES string of the molecule is N=CN=C(N)c1cc(N2CCOCC2)cc2c1nc(-c1cccnc1)n2-c1ccnc2c(Cl)cccc12. The van der Waals surface area contributed by atoms with Gasteiger partial charge in [0.05, 0.1) is 35.0 Å². The Kier molecular flexibility index (Phi) is 5.99. The number of nitrogens with two attached hydrogens (primary N) is 1. The molecule has 3 N–H and O–H groups in total. The van der Waals surface area contributed by atoms with E-state index in [9.17, 15) is 0 Å². The number of ether oxygens (including phenoxy) is 1. The van der Waals surface area contributed by atoms with Crippen LogP contribution in [0.5, 0.6) is 0 Å². The topological polar surface area (TPSA) is 118 Å². The van der Waals surface area contributed by atoms with E-state index in [4.69, 9.17) is 32.5 Å². The van der Waals surface area contributed by atoms with Crippen LogP contribution in [0.4, 0.5) is 5.69 Å². The maximum atomic E-state index is 7.49. The van der Waals surface area contributed by atoms with Gasteiger partial charge in [0.2, 0.25) is 0 Å². The number of anilines is 1. The number of nitrogens with zero attached hydrogens (tertiary/aromatic N) is 6. The molecule has 0 atom stereocenters. The van der Waals surface area contributed by atoms with Crippen molar-refractivity contribution >= 4 is 51.4 Å². The third kappa shape index (κ3) is 4.08. The van der Waals surface area contributed by atoms with Crippen molar-refractivity contribution in [3.05, 3.63) is 77.7 Å².